The largest absolute Gasteiger partial charge is 0.380 e. The Bertz CT molecular complexity index is 520. The Labute approximate surface area is 117 Å². The smallest absolute Gasteiger partial charge is 0.115 e. The van der Waals surface area contributed by atoms with Crippen LogP contribution in [0.1, 0.15) is 5.56 Å². The van der Waals surface area contributed by atoms with Gasteiger partial charge in [0.1, 0.15) is 6.33 Å². The molecule has 0 aliphatic rings. The van der Waals surface area contributed by atoms with E-state index in [0.717, 1.165) is 15.7 Å². The number of nitrogens with one attached hydrogen (secondary N) is 1. The van der Waals surface area contributed by atoms with Gasteiger partial charge in [-0.3, -0.25) is 0 Å². The molecular weight excluding hydrogens is 325 g/mol. The third-order valence-corrected chi connectivity index (χ3v) is 3.90. The predicted molar refractivity (Wildman–Crippen MR) is 73.5 cm³/mol. The molecule has 0 spiro atoms. The van der Waals surface area contributed by atoms with Crippen LogP contribution in [0.5, 0.6) is 0 Å². The van der Waals surface area contributed by atoms with Crippen LogP contribution in [-0.2, 0) is 6.54 Å². The molecule has 0 fully saturated rings. The molecular formula is C11H8BrCl2N3. The number of nitrogens with zero attached hydrogens (tertiary/aromatic N) is 2. The van der Waals surface area contributed by atoms with Gasteiger partial charge >= 0.3 is 0 Å². The van der Waals surface area contributed by atoms with Crippen LogP contribution in [0, 0.1) is 0 Å². The van der Waals surface area contributed by atoms with E-state index in [0.29, 0.717) is 16.6 Å². The number of hydrogen-bond donors (Lipinski definition) is 1. The van der Waals surface area contributed by atoms with Crippen molar-refractivity contribution in [2.45, 2.75) is 6.54 Å². The van der Waals surface area contributed by atoms with Crippen LogP contribution in [0.4, 0.5) is 5.69 Å². The number of hydrogen-bond acceptors (Lipinski definition) is 3. The molecule has 0 aliphatic heterocycles. The first-order chi connectivity index (χ1) is 8.18. The molecule has 1 aromatic heterocycles. The second kappa shape index (κ2) is 5.67. The molecule has 1 aromatic carbocycles. The van der Waals surface area contributed by atoms with Crippen molar-refractivity contribution in [2.75, 3.05) is 5.32 Å². The van der Waals surface area contributed by atoms with E-state index >= 15 is 0 Å². The molecule has 0 unspecified atom stereocenters. The first-order valence-electron chi connectivity index (χ1n) is 4.79. The number of aromatic nitrogens is 2. The maximum Gasteiger partial charge on any atom is 0.115 e. The van der Waals surface area contributed by atoms with Gasteiger partial charge in [0.2, 0.25) is 0 Å². The van der Waals surface area contributed by atoms with Crippen molar-refractivity contribution >= 4 is 44.8 Å². The molecule has 0 saturated carbocycles. The number of halogens is 3. The summed E-state index contributed by atoms with van der Waals surface area (Å²) in [5, 5.41) is 4.18. The molecule has 0 radical (unpaired) electrons. The van der Waals surface area contributed by atoms with Gasteiger partial charge in [0.15, 0.2) is 0 Å². The zero-order valence-corrected chi connectivity index (χ0v) is 11.7. The van der Waals surface area contributed by atoms with E-state index in [1.165, 1.54) is 6.33 Å². The van der Waals surface area contributed by atoms with Gasteiger partial charge in [-0.25, -0.2) is 9.97 Å². The average Bonchev–Trinajstić information content (AvgIpc) is 2.36. The third kappa shape index (κ3) is 3.09. The van der Waals surface area contributed by atoms with Gasteiger partial charge in [-0.05, 0) is 28.1 Å². The number of anilines is 1. The summed E-state index contributed by atoms with van der Waals surface area (Å²) in [6.45, 7) is 0.596. The van der Waals surface area contributed by atoms with E-state index in [9.17, 15) is 0 Å². The average molecular weight is 333 g/mol. The first-order valence-corrected chi connectivity index (χ1v) is 6.34. The lowest BCUT2D eigenvalue weighted by molar-refractivity contribution is 1.05. The third-order valence-electron chi connectivity index (χ3n) is 2.13. The zero-order valence-electron chi connectivity index (χ0n) is 8.62. The van der Waals surface area contributed by atoms with E-state index in [4.69, 9.17) is 23.2 Å². The SMILES string of the molecule is Clc1c(Br)ccc(NCc2cncnc2)c1Cl. The van der Waals surface area contributed by atoms with E-state index in [-0.39, 0.29) is 0 Å². The lowest BCUT2D eigenvalue weighted by Crippen LogP contribution is -2.01. The van der Waals surface area contributed by atoms with Crippen molar-refractivity contribution in [1.82, 2.24) is 9.97 Å². The van der Waals surface area contributed by atoms with Crippen LogP contribution in [0.25, 0.3) is 0 Å². The molecule has 2 aromatic rings. The summed E-state index contributed by atoms with van der Waals surface area (Å²) in [4.78, 5) is 7.87. The van der Waals surface area contributed by atoms with Crippen LogP contribution >= 0.6 is 39.1 Å². The fourth-order valence-corrected chi connectivity index (χ4v) is 2.12. The van der Waals surface area contributed by atoms with Gasteiger partial charge in [0, 0.05) is 29.0 Å². The Morgan fingerprint density at radius 2 is 1.82 bits per heavy atom. The molecule has 0 amide bonds. The van der Waals surface area contributed by atoms with Crippen LogP contribution in [0.2, 0.25) is 10.0 Å². The van der Waals surface area contributed by atoms with Gasteiger partial charge < -0.3 is 5.32 Å². The van der Waals surface area contributed by atoms with Gasteiger partial charge in [-0.1, -0.05) is 23.2 Å². The molecule has 0 aliphatic carbocycles. The molecule has 17 heavy (non-hydrogen) atoms. The van der Waals surface area contributed by atoms with Crippen LogP contribution in [0.3, 0.4) is 0 Å². The Hall–Kier alpha value is -0.840. The summed E-state index contributed by atoms with van der Waals surface area (Å²) >= 11 is 15.4. The second-order valence-corrected chi connectivity index (χ2v) is 4.93. The highest BCUT2D eigenvalue weighted by molar-refractivity contribution is 9.10. The minimum absolute atomic E-state index is 0.498. The molecule has 2 rings (SSSR count). The molecule has 1 heterocycles. The molecule has 6 heteroatoms. The van der Waals surface area contributed by atoms with E-state index in [1.807, 2.05) is 12.1 Å². The van der Waals surface area contributed by atoms with Crippen molar-refractivity contribution in [2.24, 2.45) is 0 Å². The molecule has 88 valence electrons. The topological polar surface area (TPSA) is 37.8 Å². The summed E-state index contributed by atoms with van der Waals surface area (Å²) in [6, 6.07) is 3.71. The van der Waals surface area contributed by atoms with E-state index < -0.39 is 0 Å². The Morgan fingerprint density at radius 3 is 2.53 bits per heavy atom. The highest BCUT2D eigenvalue weighted by Gasteiger charge is 2.07. The zero-order chi connectivity index (χ0) is 12.3. The quantitative estimate of drug-likeness (QED) is 0.858. The lowest BCUT2D eigenvalue weighted by atomic mass is 10.3. The van der Waals surface area contributed by atoms with Crippen molar-refractivity contribution in [3.8, 4) is 0 Å². The Kier molecular flexibility index (Phi) is 4.20. The van der Waals surface area contributed by atoms with Crippen molar-refractivity contribution in [1.29, 1.82) is 0 Å². The Morgan fingerprint density at radius 1 is 1.12 bits per heavy atom. The number of rotatable bonds is 3. The van der Waals surface area contributed by atoms with Crippen LogP contribution in [0.15, 0.2) is 35.3 Å². The molecule has 0 saturated heterocycles. The van der Waals surface area contributed by atoms with Gasteiger partial charge in [-0.15, -0.1) is 0 Å². The van der Waals surface area contributed by atoms with Crippen LogP contribution in [-0.4, -0.2) is 9.97 Å². The predicted octanol–water partition coefficient (Wildman–Crippen LogP) is 4.16. The second-order valence-electron chi connectivity index (χ2n) is 3.32. The molecule has 1 N–H and O–H groups in total. The summed E-state index contributed by atoms with van der Waals surface area (Å²) < 4.78 is 0.776. The van der Waals surface area contributed by atoms with Gasteiger partial charge in [-0.2, -0.15) is 0 Å². The maximum atomic E-state index is 6.11. The normalized spacial score (nSPS) is 10.3. The van der Waals surface area contributed by atoms with E-state index in [2.05, 4.69) is 31.2 Å². The Balaban J connectivity index is 2.13. The highest BCUT2D eigenvalue weighted by Crippen LogP contribution is 2.35. The maximum absolute atomic E-state index is 6.11. The summed E-state index contributed by atoms with van der Waals surface area (Å²) in [5.41, 5.74) is 1.76. The monoisotopic (exact) mass is 331 g/mol. The van der Waals surface area contributed by atoms with Crippen LogP contribution < -0.4 is 5.32 Å². The standard InChI is InChI=1S/C11H8BrCl2N3/c12-8-1-2-9(11(14)10(8)13)17-5-7-3-15-6-16-4-7/h1-4,6,17H,5H2. The lowest BCUT2D eigenvalue weighted by Gasteiger charge is -2.09. The fourth-order valence-electron chi connectivity index (χ4n) is 1.28. The highest BCUT2D eigenvalue weighted by atomic mass is 79.9. The first kappa shape index (κ1) is 12.6. The molecule has 3 nitrogen and oxygen atoms in total. The van der Waals surface area contributed by atoms with Crippen molar-refractivity contribution in [3.05, 3.63) is 50.9 Å². The summed E-state index contributed by atoms with van der Waals surface area (Å²) in [6.07, 6.45) is 4.98. The van der Waals surface area contributed by atoms with Crippen molar-refractivity contribution < 1.29 is 0 Å². The summed E-state index contributed by atoms with van der Waals surface area (Å²) in [7, 11) is 0. The molecule has 0 bridgehead atoms. The van der Waals surface area contributed by atoms with Gasteiger partial charge in [0.25, 0.3) is 0 Å². The number of benzene rings is 1. The fraction of sp³-hybridized carbons (Fsp3) is 0.0909. The molecule has 0 atom stereocenters. The summed E-state index contributed by atoms with van der Waals surface area (Å²) in [5.74, 6) is 0. The van der Waals surface area contributed by atoms with E-state index in [1.54, 1.807) is 12.4 Å². The minimum atomic E-state index is 0.498. The van der Waals surface area contributed by atoms with Gasteiger partial charge in [0.05, 0.1) is 15.7 Å². The minimum Gasteiger partial charge on any atom is -0.380 e. The van der Waals surface area contributed by atoms with Crippen molar-refractivity contribution in [3.63, 3.8) is 0 Å².